The normalized spacial score (nSPS) is 19.8. The molecule has 1 aliphatic rings. The first-order valence-corrected chi connectivity index (χ1v) is 8.88. The van der Waals surface area contributed by atoms with Gasteiger partial charge in [0.1, 0.15) is 6.33 Å². The van der Waals surface area contributed by atoms with Gasteiger partial charge in [0.05, 0.1) is 12.1 Å². The summed E-state index contributed by atoms with van der Waals surface area (Å²) in [5.74, 6) is 0.0612. The van der Waals surface area contributed by atoms with Crippen LogP contribution in [0.4, 0.5) is 5.69 Å². The van der Waals surface area contributed by atoms with Crippen LogP contribution in [0.25, 0.3) is 0 Å². The van der Waals surface area contributed by atoms with Crippen molar-refractivity contribution in [2.45, 2.75) is 45.3 Å². The molecule has 2 atom stereocenters. The summed E-state index contributed by atoms with van der Waals surface area (Å²) in [5.41, 5.74) is 2.77. The predicted octanol–water partition coefficient (Wildman–Crippen LogP) is 3.58. The lowest BCUT2D eigenvalue weighted by Gasteiger charge is -2.31. The van der Waals surface area contributed by atoms with Crippen LogP contribution in [-0.4, -0.2) is 34.6 Å². The summed E-state index contributed by atoms with van der Waals surface area (Å²) < 4.78 is 5.69. The number of halogens is 1. The molecule has 3 rings (SSSR count). The molecular weight excluding hydrogens is 338 g/mol. The van der Waals surface area contributed by atoms with Crippen LogP contribution < -0.4 is 4.90 Å². The van der Waals surface area contributed by atoms with Crippen LogP contribution in [0.5, 0.6) is 0 Å². The van der Waals surface area contributed by atoms with E-state index in [4.69, 9.17) is 16.3 Å². The maximum absolute atomic E-state index is 13.0. The Labute approximate surface area is 153 Å². The van der Waals surface area contributed by atoms with Gasteiger partial charge in [-0.05, 0) is 49.9 Å². The standard InChI is InChI=1S/C19H22ClN3O2/c1-13-3-5-16(9-17(13)20)23(18-7-8-25-14(18)2)19(24)6-4-15-10-21-12-22-11-15/h3,5,9-12,14,18H,4,6-8H2,1-2H3/t14-,18-/m0/s1. The van der Waals surface area contributed by atoms with E-state index in [9.17, 15) is 4.79 Å². The SMILES string of the molecule is Cc1ccc(N(C(=O)CCc2cncnc2)[C@H]2CCO[C@H]2C)cc1Cl. The van der Waals surface area contributed by atoms with Gasteiger partial charge in [-0.3, -0.25) is 4.79 Å². The lowest BCUT2D eigenvalue weighted by molar-refractivity contribution is -0.119. The minimum Gasteiger partial charge on any atom is -0.376 e. The van der Waals surface area contributed by atoms with Gasteiger partial charge in [-0.1, -0.05) is 17.7 Å². The molecule has 1 amide bonds. The molecule has 25 heavy (non-hydrogen) atoms. The molecule has 1 saturated heterocycles. The first-order valence-electron chi connectivity index (χ1n) is 8.50. The number of aromatic nitrogens is 2. The van der Waals surface area contributed by atoms with Crippen LogP contribution in [-0.2, 0) is 16.0 Å². The van der Waals surface area contributed by atoms with E-state index < -0.39 is 0 Å². The van der Waals surface area contributed by atoms with Gasteiger partial charge in [-0.25, -0.2) is 9.97 Å². The summed E-state index contributed by atoms with van der Waals surface area (Å²) >= 11 is 6.29. The van der Waals surface area contributed by atoms with Gasteiger partial charge < -0.3 is 9.64 Å². The van der Waals surface area contributed by atoms with Crippen LogP contribution in [0, 0.1) is 6.92 Å². The van der Waals surface area contributed by atoms with Crippen LogP contribution in [0.3, 0.4) is 0 Å². The van der Waals surface area contributed by atoms with Gasteiger partial charge in [0.25, 0.3) is 0 Å². The number of hydrogen-bond donors (Lipinski definition) is 0. The molecule has 0 unspecified atom stereocenters. The Morgan fingerprint density at radius 3 is 2.76 bits per heavy atom. The first-order chi connectivity index (χ1) is 12.1. The highest BCUT2D eigenvalue weighted by Crippen LogP contribution is 2.30. The number of rotatable bonds is 5. The quantitative estimate of drug-likeness (QED) is 0.818. The summed E-state index contributed by atoms with van der Waals surface area (Å²) in [6.07, 6.45) is 6.81. The minimum atomic E-state index is 0.00378. The van der Waals surface area contributed by atoms with E-state index in [1.165, 1.54) is 6.33 Å². The lowest BCUT2D eigenvalue weighted by Crippen LogP contribution is -2.44. The van der Waals surface area contributed by atoms with Crippen LogP contribution in [0.1, 0.15) is 30.9 Å². The summed E-state index contributed by atoms with van der Waals surface area (Å²) in [4.78, 5) is 22.9. The average Bonchev–Trinajstić information content (AvgIpc) is 3.03. The minimum absolute atomic E-state index is 0.00378. The Bertz CT molecular complexity index is 739. The first kappa shape index (κ1) is 17.8. The van der Waals surface area contributed by atoms with E-state index in [2.05, 4.69) is 9.97 Å². The maximum atomic E-state index is 13.0. The molecule has 0 saturated carbocycles. The lowest BCUT2D eigenvalue weighted by atomic mass is 10.1. The summed E-state index contributed by atoms with van der Waals surface area (Å²) in [7, 11) is 0. The second-order valence-corrected chi connectivity index (χ2v) is 6.78. The Morgan fingerprint density at radius 1 is 1.36 bits per heavy atom. The van der Waals surface area contributed by atoms with E-state index in [0.29, 0.717) is 24.5 Å². The Hall–Kier alpha value is -1.98. The molecule has 0 N–H and O–H groups in total. The molecule has 1 aromatic carbocycles. The predicted molar refractivity (Wildman–Crippen MR) is 97.8 cm³/mol. The molecule has 1 fully saturated rings. The van der Waals surface area contributed by atoms with Crippen molar-refractivity contribution in [3.8, 4) is 0 Å². The number of anilines is 1. The van der Waals surface area contributed by atoms with Crippen molar-refractivity contribution in [3.63, 3.8) is 0 Å². The zero-order valence-electron chi connectivity index (χ0n) is 14.5. The van der Waals surface area contributed by atoms with Gasteiger partial charge in [0, 0.05) is 36.1 Å². The summed E-state index contributed by atoms with van der Waals surface area (Å²) in [6.45, 7) is 4.63. The fourth-order valence-electron chi connectivity index (χ4n) is 3.14. The van der Waals surface area contributed by atoms with Crippen molar-refractivity contribution in [3.05, 3.63) is 53.1 Å². The molecule has 0 aliphatic carbocycles. The molecule has 0 spiro atoms. The fraction of sp³-hybridized carbons (Fsp3) is 0.421. The van der Waals surface area contributed by atoms with Crippen molar-refractivity contribution < 1.29 is 9.53 Å². The smallest absolute Gasteiger partial charge is 0.227 e. The molecule has 2 aromatic rings. The Morgan fingerprint density at radius 2 is 2.12 bits per heavy atom. The van der Waals surface area contributed by atoms with Gasteiger partial charge in [0.2, 0.25) is 5.91 Å². The highest BCUT2D eigenvalue weighted by Gasteiger charge is 2.34. The summed E-state index contributed by atoms with van der Waals surface area (Å²) in [6, 6.07) is 5.79. The molecule has 0 bridgehead atoms. The van der Waals surface area contributed by atoms with Gasteiger partial charge >= 0.3 is 0 Å². The number of nitrogens with zero attached hydrogens (tertiary/aromatic N) is 3. The number of amides is 1. The van der Waals surface area contributed by atoms with Gasteiger partial charge in [-0.15, -0.1) is 0 Å². The van der Waals surface area contributed by atoms with Crippen LogP contribution >= 0.6 is 11.6 Å². The zero-order valence-corrected chi connectivity index (χ0v) is 15.2. The highest BCUT2D eigenvalue weighted by atomic mass is 35.5. The van der Waals surface area contributed by atoms with Crippen LogP contribution in [0.15, 0.2) is 36.9 Å². The molecule has 5 nitrogen and oxygen atoms in total. The van der Waals surface area contributed by atoms with Crippen molar-refractivity contribution in [1.29, 1.82) is 0 Å². The third kappa shape index (κ3) is 4.17. The van der Waals surface area contributed by atoms with E-state index in [1.54, 1.807) is 12.4 Å². The second kappa shape index (κ2) is 7.93. The van der Waals surface area contributed by atoms with E-state index >= 15 is 0 Å². The molecular formula is C19H22ClN3O2. The third-order valence-corrected chi connectivity index (χ3v) is 5.02. The number of ether oxygens (including phenoxy) is 1. The number of benzene rings is 1. The Balaban J connectivity index is 1.82. The van der Waals surface area contributed by atoms with Crippen molar-refractivity contribution in [2.24, 2.45) is 0 Å². The van der Waals surface area contributed by atoms with Crippen molar-refractivity contribution in [1.82, 2.24) is 9.97 Å². The molecule has 132 valence electrons. The fourth-order valence-corrected chi connectivity index (χ4v) is 3.32. The number of carbonyl (C=O) groups is 1. The third-order valence-electron chi connectivity index (χ3n) is 4.61. The molecule has 1 aliphatic heterocycles. The molecule has 2 heterocycles. The monoisotopic (exact) mass is 359 g/mol. The molecule has 0 radical (unpaired) electrons. The van der Waals surface area contributed by atoms with Crippen LogP contribution in [0.2, 0.25) is 5.02 Å². The van der Waals surface area contributed by atoms with Crippen molar-refractivity contribution >= 4 is 23.2 Å². The maximum Gasteiger partial charge on any atom is 0.227 e. The van der Waals surface area contributed by atoms with E-state index in [-0.39, 0.29) is 18.1 Å². The molecule has 6 heteroatoms. The van der Waals surface area contributed by atoms with E-state index in [1.807, 2.05) is 36.9 Å². The number of hydrogen-bond acceptors (Lipinski definition) is 4. The molecule has 1 aromatic heterocycles. The average molecular weight is 360 g/mol. The topological polar surface area (TPSA) is 55.3 Å². The van der Waals surface area contributed by atoms with E-state index in [0.717, 1.165) is 23.2 Å². The zero-order chi connectivity index (χ0) is 17.8. The summed E-state index contributed by atoms with van der Waals surface area (Å²) in [5, 5.41) is 0.665. The van der Waals surface area contributed by atoms with Crippen molar-refractivity contribution in [2.75, 3.05) is 11.5 Å². The Kier molecular flexibility index (Phi) is 5.66. The second-order valence-electron chi connectivity index (χ2n) is 6.38. The number of carbonyl (C=O) groups excluding carboxylic acids is 1. The van der Waals surface area contributed by atoms with Gasteiger partial charge in [0.15, 0.2) is 0 Å². The van der Waals surface area contributed by atoms with Gasteiger partial charge in [-0.2, -0.15) is 0 Å². The highest BCUT2D eigenvalue weighted by molar-refractivity contribution is 6.31. The number of aryl methyl sites for hydroxylation is 2. The largest absolute Gasteiger partial charge is 0.376 e.